The summed E-state index contributed by atoms with van der Waals surface area (Å²) < 4.78 is 5.89. The summed E-state index contributed by atoms with van der Waals surface area (Å²) in [4.78, 5) is 0. The van der Waals surface area contributed by atoms with Gasteiger partial charge in [0, 0.05) is 11.6 Å². The zero-order valence-corrected chi connectivity index (χ0v) is 12.1. The Hall–Kier alpha value is -1.54. The van der Waals surface area contributed by atoms with Crippen LogP contribution in [0.25, 0.3) is 11.3 Å². The smallest absolute Gasteiger partial charge is 0.134 e. The number of hydrogen-bond acceptors (Lipinski definition) is 2. The van der Waals surface area contributed by atoms with Gasteiger partial charge >= 0.3 is 0 Å². The van der Waals surface area contributed by atoms with E-state index in [2.05, 4.69) is 62.5 Å². The Kier molecular flexibility index (Phi) is 4.80. The minimum atomic E-state index is 0.474. The van der Waals surface area contributed by atoms with Crippen LogP contribution in [0, 0.1) is 0 Å². The molecule has 0 aliphatic heterocycles. The van der Waals surface area contributed by atoms with Crippen molar-refractivity contribution < 1.29 is 4.42 Å². The Labute approximate surface area is 115 Å². The molecular formula is C17H23NO. The van der Waals surface area contributed by atoms with Crippen LogP contribution < -0.4 is 5.32 Å². The molecular weight excluding hydrogens is 234 g/mol. The van der Waals surface area contributed by atoms with Crippen molar-refractivity contribution in [3.63, 3.8) is 0 Å². The second-order valence-corrected chi connectivity index (χ2v) is 5.25. The van der Waals surface area contributed by atoms with Gasteiger partial charge in [0.15, 0.2) is 0 Å². The predicted molar refractivity (Wildman–Crippen MR) is 80.1 cm³/mol. The van der Waals surface area contributed by atoms with E-state index in [1.54, 1.807) is 0 Å². The maximum atomic E-state index is 5.89. The molecule has 0 aliphatic rings. The van der Waals surface area contributed by atoms with Crippen molar-refractivity contribution in [3.05, 3.63) is 47.7 Å². The fraction of sp³-hybridized carbons (Fsp3) is 0.412. The van der Waals surface area contributed by atoms with Gasteiger partial charge in [-0.05, 0) is 30.2 Å². The molecule has 0 amide bonds. The first kappa shape index (κ1) is 13.9. The number of aryl methyl sites for hydroxylation is 1. The summed E-state index contributed by atoms with van der Waals surface area (Å²) >= 11 is 0. The van der Waals surface area contributed by atoms with E-state index < -0.39 is 0 Å². The van der Waals surface area contributed by atoms with Crippen LogP contribution in [-0.2, 0) is 13.0 Å². The monoisotopic (exact) mass is 257 g/mol. The van der Waals surface area contributed by atoms with E-state index in [1.165, 1.54) is 17.5 Å². The van der Waals surface area contributed by atoms with Crippen LogP contribution in [0.1, 0.15) is 38.5 Å². The van der Waals surface area contributed by atoms with Gasteiger partial charge in [-0.25, -0.2) is 0 Å². The Morgan fingerprint density at radius 2 is 2.00 bits per heavy atom. The third-order valence-corrected chi connectivity index (χ3v) is 3.10. The van der Waals surface area contributed by atoms with Gasteiger partial charge in [0.05, 0.1) is 6.54 Å². The van der Waals surface area contributed by atoms with E-state index in [0.717, 1.165) is 24.5 Å². The Morgan fingerprint density at radius 1 is 1.16 bits per heavy atom. The largest absolute Gasteiger partial charge is 0.460 e. The average molecular weight is 257 g/mol. The first-order valence-corrected chi connectivity index (χ1v) is 7.10. The molecule has 0 unspecified atom stereocenters. The molecule has 19 heavy (non-hydrogen) atoms. The summed E-state index contributed by atoms with van der Waals surface area (Å²) in [5, 5.41) is 3.36. The van der Waals surface area contributed by atoms with Crippen LogP contribution in [0.15, 0.2) is 40.8 Å². The van der Waals surface area contributed by atoms with E-state index in [4.69, 9.17) is 4.42 Å². The van der Waals surface area contributed by atoms with Crippen molar-refractivity contribution >= 4 is 0 Å². The highest BCUT2D eigenvalue weighted by molar-refractivity contribution is 5.58. The standard InChI is InChI=1S/C17H23NO/c1-4-6-14-7-5-8-15(11-14)17-10-9-16(19-17)12-18-13(2)3/h5,7-11,13,18H,4,6,12H2,1-3H3. The molecule has 0 atom stereocenters. The fourth-order valence-electron chi connectivity index (χ4n) is 2.10. The SMILES string of the molecule is CCCc1cccc(-c2ccc(CNC(C)C)o2)c1. The Balaban J connectivity index is 2.11. The molecule has 0 saturated carbocycles. The summed E-state index contributed by atoms with van der Waals surface area (Å²) in [6, 6.07) is 13.2. The maximum absolute atomic E-state index is 5.89. The van der Waals surface area contributed by atoms with Crippen molar-refractivity contribution in [2.75, 3.05) is 0 Å². The van der Waals surface area contributed by atoms with Crippen molar-refractivity contribution in [2.24, 2.45) is 0 Å². The molecule has 0 aliphatic carbocycles. The van der Waals surface area contributed by atoms with E-state index in [1.807, 2.05) is 0 Å². The van der Waals surface area contributed by atoms with E-state index in [9.17, 15) is 0 Å². The van der Waals surface area contributed by atoms with Gasteiger partial charge in [0.25, 0.3) is 0 Å². The van der Waals surface area contributed by atoms with Crippen LogP contribution in [-0.4, -0.2) is 6.04 Å². The fourth-order valence-corrected chi connectivity index (χ4v) is 2.10. The van der Waals surface area contributed by atoms with E-state index in [0.29, 0.717) is 6.04 Å². The Bertz CT molecular complexity index is 513. The second-order valence-electron chi connectivity index (χ2n) is 5.25. The highest BCUT2D eigenvalue weighted by atomic mass is 16.3. The van der Waals surface area contributed by atoms with Crippen molar-refractivity contribution in [1.29, 1.82) is 0 Å². The van der Waals surface area contributed by atoms with Crippen LogP contribution in [0.3, 0.4) is 0 Å². The molecule has 0 spiro atoms. The molecule has 0 fully saturated rings. The molecule has 0 radical (unpaired) electrons. The highest BCUT2D eigenvalue weighted by Crippen LogP contribution is 2.23. The van der Waals surface area contributed by atoms with Crippen LogP contribution in [0.5, 0.6) is 0 Å². The number of benzene rings is 1. The lowest BCUT2D eigenvalue weighted by molar-refractivity contribution is 0.473. The van der Waals surface area contributed by atoms with Crippen LogP contribution in [0.4, 0.5) is 0 Å². The zero-order chi connectivity index (χ0) is 13.7. The summed E-state index contributed by atoms with van der Waals surface area (Å²) in [5.41, 5.74) is 2.54. The van der Waals surface area contributed by atoms with E-state index in [-0.39, 0.29) is 0 Å². The van der Waals surface area contributed by atoms with Gasteiger partial charge in [0.2, 0.25) is 0 Å². The van der Waals surface area contributed by atoms with Gasteiger partial charge in [-0.3, -0.25) is 0 Å². The molecule has 2 nitrogen and oxygen atoms in total. The minimum absolute atomic E-state index is 0.474. The third kappa shape index (κ3) is 3.97. The first-order chi connectivity index (χ1) is 9.19. The molecule has 2 aromatic rings. The molecule has 0 saturated heterocycles. The van der Waals surface area contributed by atoms with Crippen LogP contribution in [0.2, 0.25) is 0 Å². The maximum Gasteiger partial charge on any atom is 0.134 e. The minimum Gasteiger partial charge on any atom is -0.460 e. The predicted octanol–water partition coefficient (Wildman–Crippen LogP) is 4.40. The lowest BCUT2D eigenvalue weighted by Gasteiger charge is -2.05. The van der Waals surface area contributed by atoms with Gasteiger partial charge < -0.3 is 9.73 Å². The molecule has 0 bridgehead atoms. The summed E-state index contributed by atoms with van der Waals surface area (Å²) in [5.74, 6) is 1.95. The molecule has 1 aromatic heterocycles. The van der Waals surface area contributed by atoms with Gasteiger partial charge in [-0.15, -0.1) is 0 Å². The quantitative estimate of drug-likeness (QED) is 0.830. The van der Waals surface area contributed by atoms with Crippen molar-refractivity contribution in [2.45, 2.75) is 46.2 Å². The van der Waals surface area contributed by atoms with Gasteiger partial charge in [0.1, 0.15) is 11.5 Å². The Morgan fingerprint density at radius 3 is 2.74 bits per heavy atom. The molecule has 1 N–H and O–H groups in total. The average Bonchev–Trinajstić information content (AvgIpc) is 2.86. The lowest BCUT2D eigenvalue weighted by Crippen LogP contribution is -2.21. The molecule has 102 valence electrons. The third-order valence-electron chi connectivity index (χ3n) is 3.10. The summed E-state index contributed by atoms with van der Waals surface area (Å²) in [6.45, 7) is 7.26. The number of furan rings is 1. The topological polar surface area (TPSA) is 25.2 Å². The zero-order valence-electron chi connectivity index (χ0n) is 12.1. The normalized spacial score (nSPS) is 11.2. The molecule has 1 aromatic carbocycles. The second kappa shape index (κ2) is 6.58. The molecule has 2 rings (SSSR count). The van der Waals surface area contributed by atoms with Crippen molar-refractivity contribution in [1.82, 2.24) is 5.32 Å². The summed E-state index contributed by atoms with van der Waals surface area (Å²) in [7, 11) is 0. The van der Waals surface area contributed by atoms with Gasteiger partial charge in [-0.2, -0.15) is 0 Å². The lowest BCUT2D eigenvalue weighted by atomic mass is 10.1. The van der Waals surface area contributed by atoms with Crippen LogP contribution >= 0.6 is 0 Å². The number of hydrogen-bond donors (Lipinski definition) is 1. The van der Waals surface area contributed by atoms with Gasteiger partial charge in [-0.1, -0.05) is 45.4 Å². The number of nitrogens with one attached hydrogen (secondary N) is 1. The first-order valence-electron chi connectivity index (χ1n) is 7.10. The van der Waals surface area contributed by atoms with Crippen molar-refractivity contribution in [3.8, 4) is 11.3 Å². The molecule has 1 heterocycles. The highest BCUT2D eigenvalue weighted by Gasteiger charge is 2.05. The molecule has 2 heteroatoms. The van der Waals surface area contributed by atoms with E-state index >= 15 is 0 Å². The summed E-state index contributed by atoms with van der Waals surface area (Å²) in [6.07, 6.45) is 2.29. The number of rotatable bonds is 6.